The summed E-state index contributed by atoms with van der Waals surface area (Å²) in [6.07, 6.45) is 3.30. The standard InChI is InChI=1S/C21H26FN5O/c1-16-15-18(20(28)26-9-5-2-6-10-26)24-21(23-16)27-13-11-25(12-14-27)19-8-4-3-7-17(19)22/h3-4,7-8,15H,2,5-6,9-14H2,1H3. The molecular formula is C21H26FN5O. The Hall–Kier alpha value is -2.70. The van der Waals surface area contributed by atoms with Crippen molar-refractivity contribution < 1.29 is 9.18 Å². The van der Waals surface area contributed by atoms with Gasteiger partial charge in [0.25, 0.3) is 5.91 Å². The van der Waals surface area contributed by atoms with E-state index in [4.69, 9.17) is 0 Å². The fourth-order valence-corrected chi connectivity index (χ4v) is 3.92. The zero-order chi connectivity index (χ0) is 19.5. The Balaban J connectivity index is 1.47. The number of hydrogen-bond acceptors (Lipinski definition) is 5. The van der Waals surface area contributed by atoms with Crippen LogP contribution in [0.3, 0.4) is 0 Å². The van der Waals surface area contributed by atoms with Crippen molar-refractivity contribution >= 4 is 17.5 Å². The molecule has 6 nitrogen and oxygen atoms in total. The van der Waals surface area contributed by atoms with Gasteiger partial charge in [-0.05, 0) is 44.4 Å². The molecule has 1 aromatic heterocycles. The van der Waals surface area contributed by atoms with E-state index in [1.165, 1.54) is 12.5 Å². The highest BCUT2D eigenvalue weighted by atomic mass is 19.1. The maximum Gasteiger partial charge on any atom is 0.272 e. The summed E-state index contributed by atoms with van der Waals surface area (Å²) >= 11 is 0. The summed E-state index contributed by atoms with van der Waals surface area (Å²) < 4.78 is 14.0. The fourth-order valence-electron chi connectivity index (χ4n) is 3.92. The third-order valence-corrected chi connectivity index (χ3v) is 5.46. The molecule has 0 bridgehead atoms. The molecule has 3 heterocycles. The van der Waals surface area contributed by atoms with Crippen LogP contribution in [0.2, 0.25) is 0 Å². The van der Waals surface area contributed by atoms with Gasteiger partial charge >= 0.3 is 0 Å². The summed E-state index contributed by atoms with van der Waals surface area (Å²) in [5, 5.41) is 0. The van der Waals surface area contributed by atoms with Gasteiger partial charge in [0.15, 0.2) is 0 Å². The maximum atomic E-state index is 14.0. The van der Waals surface area contributed by atoms with Gasteiger partial charge in [0.05, 0.1) is 5.69 Å². The number of rotatable bonds is 3. The number of para-hydroxylation sites is 1. The minimum atomic E-state index is -0.197. The molecule has 0 unspecified atom stereocenters. The number of anilines is 2. The van der Waals surface area contributed by atoms with Gasteiger partial charge in [0.1, 0.15) is 11.5 Å². The number of nitrogens with zero attached hydrogens (tertiary/aromatic N) is 5. The number of hydrogen-bond donors (Lipinski definition) is 0. The lowest BCUT2D eigenvalue weighted by molar-refractivity contribution is 0.0718. The maximum absolute atomic E-state index is 14.0. The molecule has 2 aliphatic heterocycles. The number of carbonyl (C=O) groups is 1. The van der Waals surface area contributed by atoms with Crippen molar-refractivity contribution in [2.24, 2.45) is 0 Å². The quantitative estimate of drug-likeness (QED) is 0.816. The number of halogens is 1. The minimum absolute atomic E-state index is 0.00329. The van der Waals surface area contributed by atoms with E-state index in [2.05, 4.69) is 14.9 Å². The highest BCUT2D eigenvalue weighted by Crippen LogP contribution is 2.22. The molecule has 0 N–H and O–H groups in total. The van der Waals surface area contributed by atoms with Crippen LogP contribution in [0, 0.1) is 12.7 Å². The van der Waals surface area contributed by atoms with Crippen molar-refractivity contribution in [2.45, 2.75) is 26.2 Å². The molecule has 7 heteroatoms. The van der Waals surface area contributed by atoms with Gasteiger partial charge in [-0.3, -0.25) is 4.79 Å². The summed E-state index contributed by atoms with van der Waals surface area (Å²) in [6, 6.07) is 8.63. The average molecular weight is 383 g/mol. The molecule has 2 fully saturated rings. The van der Waals surface area contributed by atoms with E-state index in [1.54, 1.807) is 12.1 Å². The van der Waals surface area contributed by atoms with E-state index in [0.29, 0.717) is 43.5 Å². The van der Waals surface area contributed by atoms with Crippen LogP contribution in [0.4, 0.5) is 16.0 Å². The summed E-state index contributed by atoms with van der Waals surface area (Å²) in [5.41, 5.74) is 1.90. The molecule has 1 aromatic carbocycles. The number of benzene rings is 1. The molecule has 0 aliphatic carbocycles. The molecular weight excluding hydrogens is 357 g/mol. The van der Waals surface area contributed by atoms with Gasteiger partial charge in [-0.15, -0.1) is 0 Å². The van der Waals surface area contributed by atoms with Crippen molar-refractivity contribution in [1.29, 1.82) is 0 Å². The molecule has 4 rings (SSSR count). The number of amides is 1. The van der Waals surface area contributed by atoms with Gasteiger partial charge < -0.3 is 14.7 Å². The van der Waals surface area contributed by atoms with Gasteiger partial charge in [0.2, 0.25) is 5.95 Å². The Labute approximate surface area is 165 Å². The Kier molecular flexibility index (Phi) is 5.41. The van der Waals surface area contributed by atoms with Crippen LogP contribution in [0.5, 0.6) is 0 Å². The number of likely N-dealkylation sites (tertiary alicyclic amines) is 1. The van der Waals surface area contributed by atoms with Gasteiger partial charge in [-0.25, -0.2) is 14.4 Å². The molecule has 2 aromatic rings. The topological polar surface area (TPSA) is 52.6 Å². The first-order valence-electron chi connectivity index (χ1n) is 10.0. The van der Waals surface area contributed by atoms with Crippen LogP contribution >= 0.6 is 0 Å². The average Bonchev–Trinajstić information content (AvgIpc) is 2.74. The number of piperidine rings is 1. The number of aromatic nitrogens is 2. The molecule has 0 radical (unpaired) electrons. The lowest BCUT2D eigenvalue weighted by Gasteiger charge is -2.36. The van der Waals surface area contributed by atoms with Gasteiger partial charge in [-0.2, -0.15) is 0 Å². The van der Waals surface area contributed by atoms with E-state index < -0.39 is 0 Å². The van der Waals surface area contributed by atoms with Gasteiger partial charge in [-0.1, -0.05) is 12.1 Å². The van der Waals surface area contributed by atoms with E-state index >= 15 is 0 Å². The zero-order valence-corrected chi connectivity index (χ0v) is 16.3. The molecule has 0 atom stereocenters. The first kappa shape index (κ1) is 18.7. The minimum Gasteiger partial charge on any atom is -0.366 e. The van der Waals surface area contributed by atoms with Crippen LogP contribution in [0.15, 0.2) is 30.3 Å². The Morgan fingerprint density at radius 1 is 0.929 bits per heavy atom. The van der Waals surface area contributed by atoms with E-state index in [-0.39, 0.29) is 11.7 Å². The number of piperazine rings is 1. The second-order valence-corrected chi connectivity index (χ2v) is 7.47. The Morgan fingerprint density at radius 2 is 1.61 bits per heavy atom. The largest absolute Gasteiger partial charge is 0.366 e. The van der Waals surface area contributed by atoms with Crippen LogP contribution in [0.25, 0.3) is 0 Å². The second-order valence-electron chi connectivity index (χ2n) is 7.47. The first-order chi connectivity index (χ1) is 13.6. The summed E-state index contributed by atoms with van der Waals surface area (Å²) in [4.78, 5) is 28.0. The van der Waals surface area contributed by atoms with Crippen LogP contribution in [-0.2, 0) is 0 Å². The summed E-state index contributed by atoms with van der Waals surface area (Å²) in [7, 11) is 0. The molecule has 2 saturated heterocycles. The van der Waals surface area contributed by atoms with Crippen molar-refractivity contribution in [3.63, 3.8) is 0 Å². The second kappa shape index (κ2) is 8.12. The smallest absolute Gasteiger partial charge is 0.272 e. The van der Waals surface area contributed by atoms with Crippen molar-refractivity contribution in [3.8, 4) is 0 Å². The molecule has 0 saturated carbocycles. The molecule has 0 spiro atoms. The zero-order valence-electron chi connectivity index (χ0n) is 16.3. The van der Waals surface area contributed by atoms with Crippen LogP contribution in [-0.4, -0.2) is 60.0 Å². The first-order valence-corrected chi connectivity index (χ1v) is 10.0. The normalized spacial score (nSPS) is 17.7. The highest BCUT2D eigenvalue weighted by molar-refractivity contribution is 5.92. The Bertz CT molecular complexity index is 844. The lowest BCUT2D eigenvalue weighted by Crippen LogP contribution is -2.47. The van der Waals surface area contributed by atoms with Crippen LogP contribution < -0.4 is 9.80 Å². The third-order valence-electron chi connectivity index (χ3n) is 5.46. The van der Waals surface area contributed by atoms with Gasteiger partial charge in [0, 0.05) is 45.0 Å². The SMILES string of the molecule is Cc1cc(C(=O)N2CCCCC2)nc(N2CCN(c3ccccc3F)CC2)n1. The fraction of sp³-hybridized carbons (Fsp3) is 0.476. The number of aryl methyl sites for hydroxylation is 1. The van der Waals surface area contributed by atoms with Crippen molar-refractivity contribution in [1.82, 2.24) is 14.9 Å². The molecule has 28 heavy (non-hydrogen) atoms. The predicted molar refractivity (Wildman–Crippen MR) is 107 cm³/mol. The Morgan fingerprint density at radius 3 is 2.32 bits per heavy atom. The molecule has 2 aliphatic rings. The lowest BCUT2D eigenvalue weighted by atomic mass is 10.1. The van der Waals surface area contributed by atoms with Crippen molar-refractivity contribution in [3.05, 3.63) is 47.5 Å². The van der Waals surface area contributed by atoms with E-state index in [1.807, 2.05) is 28.9 Å². The molecule has 1 amide bonds. The monoisotopic (exact) mass is 383 g/mol. The predicted octanol–water partition coefficient (Wildman–Crippen LogP) is 2.88. The summed E-state index contributed by atoms with van der Waals surface area (Å²) in [6.45, 7) is 6.26. The highest BCUT2D eigenvalue weighted by Gasteiger charge is 2.24. The van der Waals surface area contributed by atoms with E-state index in [9.17, 15) is 9.18 Å². The van der Waals surface area contributed by atoms with Crippen molar-refractivity contribution in [2.75, 3.05) is 49.1 Å². The number of carbonyl (C=O) groups excluding carboxylic acids is 1. The van der Waals surface area contributed by atoms with E-state index in [0.717, 1.165) is 31.6 Å². The third kappa shape index (κ3) is 3.93. The summed E-state index contributed by atoms with van der Waals surface area (Å²) in [5.74, 6) is 0.391. The van der Waals surface area contributed by atoms with Crippen LogP contribution in [0.1, 0.15) is 35.4 Å². The molecule has 148 valence electrons.